The second-order valence-electron chi connectivity index (χ2n) is 7.35. The summed E-state index contributed by atoms with van der Waals surface area (Å²) in [7, 11) is 0. The lowest BCUT2D eigenvalue weighted by Gasteiger charge is -2.23. The quantitative estimate of drug-likeness (QED) is 0.763. The average Bonchev–Trinajstić information content (AvgIpc) is 3.17. The van der Waals surface area contributed by atoms with Crippen LogP contribution in [0.4, 0.5) is 0 Å². The van der Waals surface area contributed by atoms with Crippen molar-refractivity contribution in [2.24, 2.45) is 23.3 Å². The van der Waals surface area contributed by atoms with Gasteiger partial charge in [-0.1, -0.05) is 30.3 Å². The summed E-state index contributed by atoms with van der Waals surface area (Å²) < 4.78 is 0. The van der Waals surface area contributed by atoms with E-state index in [1.165, 1.54) is 5.56 Å². The van der Waals surface area contributed by atoms with Gasteiger partial charge in [0, 0.05) is 45.1 Å². The molecule has 136 valence electrons. The molecule has 2 unspecified atom stereocenters. The third-order valence-electron chi connectivity index (χ3n) is 5.48. The Morgan fingerprint density at radius 3 is 2.28 bits per heavy atom. The molecule has 4 N–H and O–H groups in total. The molecule has 3 rings (SSSR count). The molecule has 6 heteroatoms. The first-order valence-corrected chi connectivity index (χ1v) is 9.12. The summed E-state index contributed by atoms with van der Waals surface area (Å²) in [5.41, 5.74) is 12.6. The number of amides is 2. The molecule has 2 heterocycles. The Hall–Kier alpha value is -1.92. The van der Waals surface area contributed by atoms with Crippen LogP contribution >= 0.6 is 0 Å². The van der Waals surface area contributed by atoms with Gasteiger partial charge in [0.25, 0.3) is 0 Å². The number of likely N-dealkylation sites (tertiary alicyclic amines) is 2. The number of primary amides is 1. The first-order chi connectivity index (χ1) is 12.0. The van der Waals surface area contributed by atoms with Crippen LogP contribution in [0.2, 0.25) is 0 Å². The van der Waals surface area contributed by atoms with Gasteiger partial charge in [-0.05, 0) is 30.4 Å². The molecular formula is C19H28N4O2. The number of carbonyl (C=O) groups is 2. The van der Waals surface area contributed by atoms with Gasteiger partial charge in [-0.15, -0.1) is 0 Å². The third-order valence-corrected chi connectivity index (χ3v) is 5.48. The van der Waals surface area contributed by atoms with Crippen LogP contribution in [0.1, 0.15) is 30.9 Å². The van der Waals surface area contributed by atoms with Gasteiger partial charge in [-0.25, -0.2) is 0 Å². The summed E-state index contributed by atoms with van der Waals surface area (Å²) in [6, 6.07) is 10.3. The van der Waals surface area contributed by atoms with Crippen LogP contribution in [-0.2, 0) is 9.59 Å². The topological polar surface area (TPSA) is 92.7 Å². The minimum absolute atomic E-state index is 0.0610. The number of carbonyl (C=O) groups excluding carboxylic acids is 2. The highest BCUT2D eigenvalue weighted by Gasteiger charge is 2.41. The molecule has 1 aromatic carbocycles. The molecule has 2 aliphatic heterocycles. The van der Waals surface area contributed by atoms with Gasteiger partial charge in [0.05, 0.1) is 0 Å². The predicted octanol–water partition coefficient (Wildman–Crippen LogP) is 0.732. The van der Waals surface area contributed by atoms with E-state index in [4.69, 9.17) is 11.5 Å². The van der Waals surface area contributed by atoms with Crippen molar-refractivity contribution in [2.75, 3.05) is 32.7 Å². The fourth-order valence-corrected chi connectivity index (χ4v) is 4.05. The molecule has 3 atom stereocenters. The van der Waals surface area contributed by atoms with Crippen LogP contribution in [0.25, 0.3) is 0 Å². The Morgan fingerprint density at radius 1 is 1.04 bits per heavy atom. The summed E-state index contributed by atoms with van der Waals surface area (Å²) in [4.78, 5) is 27.3. The number of rotatable bonds is 7. The highest BCUT2D eigenvalue weighted by Crippen LogP contribution is 2.32. The minimum atomic E-state index is -0.409. The number of hydrogen-bond acceptors (Lipinski definition) is 4. The smallest absolute Gasteiger partial charge is 0.223 e. The van der Waals surface area contributed by atoms with Gasteiger partial charge in [0.1, 0.15) is 0 Å². The molecule has 2 saturated heterocycles. The second-order valence-corrected chi connectivity index (χ2v) is 7.35. The third kappa shape index (κ3) is 4.58. The van der Waals surface area contributed by atoms with E-state index in [1.807, 2.05) is 23.1 Å². The first-order valence-electron chi connectivity index (χ1n) is 9.12. The monoisotopic (exact) mass is 344 g/mol. The van der Waals surface area contributed by atoms with Crippen LogP contribution < -0.4 is 11.5 Å². The van der Waals surface area contributed by atoms with Crippen molar-refractivity contribution in [1.82, 2.24) is 9.80 Å². The Balaban J connectivity index is 1.41. The lowest BCUT2D eigenvalue weighted by atomic mass is 10.0. The van der Waals surface area contributed by atoms with Crippen molar-refractivity contribution in [1.29, 1.82) is 0 Å². The molecule has 6 nitrogen and oxygen atoms in total. The lowest BCUT2D eigenvalue weighted by molar-refractivity contribution is -0.132. The van der Waals surface area contributed by atoms with Crippen LogP contribution in [0, 0.1) is 11.8 Å². The molecule has 2 fully saturated rings. The van der Waals surface area contributed by atoms with E-state index in [0.717, 1.165) is 39.1 Å². The summed E-state index contributed by atoms with van der Waals surface area (Å²) in [6.45, 7) is 4.68. The molecule has 0 aromatic heterocycles. The predicted molar refractivity (Wildman–Crippen MR) is 96.4 cm³/mol. The van der Waals surface area contributed by atoms with Gasteiger partial charge in [-0.2, -0.15) is 0 Å². The van der Waals surface area contributed by atoms with Crippen molar-refractivity contribution in [3.05, 3.63) is 35.9 Å². The SMILES string of the molecule is NC(=O)CCC(=O)N1CC2CN(CC[C@H](N)c3ccccc3)CC2C1. The highest BCUT2D eigenvalue weighted by molar-refractivity contribution is 5.83. The molecule has 0 saturated carbocycles. The zero-order valence-electron chi connectivity index (χ0n) is 14.6. The zero-order valence-corrected chi connectivity index (χ0v) is 14.6. The Morgan fingerprint density at radius 2 is 1.68 bits per heavy atom. The maximum Gasteiger partial charge on any atom is 0.223 e. The van der Waals surface area contributed by atoms with Crippen molar-refractivity contribution in [3.63, 3.8) is 0 Å². The van der Waals surface area contributed by atoms with E-state index in [0.29, 0.717) is 11.8 Å². The fraction of sp³-hybridized carbons (Fsp3) is 0.579. The van der Waals surface area contributed by atoms with Crippen molar-refractivity contribution < 1.29 is 9.59 Å². The molecule has 0 spiro atoms. The van der Waals surface area contributed by atoms with Gasteiger partial charge < -0.3 is 21.3 Å². The Bertz CT molecular complexity index is 593. The standard InChI is InChI=1S/C19H28N4O2/c20-17(14-4-2-1-3-5-14)8-9-22-10-15-12-23(13-16(15)11-22)19(25)7-6-18(21)24/h1-5,15-17H,6-13,20H2,(H2,21,24)/t15?,16?,17-/m0/s1. The van der Waals surface area contributed by atoms with Crippen molar-refractivity contribution in [2.45, 2.75) is 25.3 Å². The fourth-order valence-electron chi connectivity index (χ4n) is 4.05. The number of nitrogens with zero attached hydrogens (tertiary/aromatic N) is 2. The molecule has 0 aliphatic carbocycles. The average molecular weight is 344 g/mol. The van der Waals surface area contributed by atoms with E-state index in [-0.39, 0.29) is 24.8 Å². The second kappa shape index (κ2) is 7.97. The first kappa shape index (κ1) is 17.9. The van der Waals surface area contributed by atoms with Crippen molar-refractivity contribution in [3.8, 4) is 0 Å². The van der Waals surface area contributed by atoms with Gasteiger partial charge >= 0.3 is 0 Å². The number of hydrogen-bond donors (Lipinski definition) is 2. The maximum absolute atomic E-state index is 12.1. The van der Waals surface area contributed by atoms with Crippen LogP contribution in [0.3, 0.4) is 0 Å². The molecule has 2 aliphatic rings. The summed E-state index contributed by atoms with van der Waals surface area (Å²) in [6.07, 6.45) is 1.34. The molecule has 0 radical (unpaired) electrons. The van der Waals surface area contributed by atoms with Crippen LogP contribution in [0.15, 0.2) is 30.3 Å². The summed E-state index contributed by atoms with van der Waals surface area (Å²) in [5, 5.41) is 0. The van der Waals surface area contributed by atoms with E-state index in [1.54, 1.807) is 0 Å². The van der Waals surface area contributed by atoms with E-state index in [9.17, 15) is 9.59 Å². The zero-order chi connectivity index (χ0) is 17.8. The van der Waals surface area contributed by atoms with Crippen LogP contribution in [-0.4, -0.2) is 54.3 Å². The summed E-state index contributed by atoms with van der Waals surface area (Å²) >= 11 is 0. The molecule has 0 bridgehead atoms. The minimum Gasteiger partial charge on any atom is -0.370 e. The molecule has 2 amide bonds. The normalized spacial score (nSPS) is 24.3. The van der Waals surface area contributed by atoms with E-state index in [2.05, 4.69) is 17.0 Å². The number of nitrogens with two attached hydrogens (primary N) is 2. The Kier molecular flexibility index (Phi) is 5.71. The Labute approximate surface area is 149 Å². The van der Waals surface area contributed by atoms with Gasteiger partial charge in [0.2, 0.25) is 11.8 Å². The van der Waals surface area contributed by atoms with E-state index < -0.39 is 5.91 Å². The molecule has 25 heavy (non-hydrogen) atoms. The lowest BCUT2D eigenvalue weighted by Crippen LogP contribution is -2.34. The largest absolute Gasteiger partial charge is 0.370 e. The van der Waals surface area contributed by atoms with E-state index >= 15 is 0 Å². The number of benzene rings is 1. The highest BCUT2D eigenvalue weighted by atomic mass is 16.2. The van der Waals surface area contributed by atoms with Gasteiger partial charge in [0.15, 0.2) is 0 Å². The van der Waals surface area contributed by atoms with Crippen molar-refractivity contribution >= 4 is 11.8 Å². The van der Waals surface area contributed by atoms with Gasteiger partial charge in [-0.3, -0.25) is 9.59 Å². The van der Waals surface area contributed by atoms with Crippen LogP contribution in [0.5, 0.6) is 0 Å². The molecule has 1 aromatic rings. The summed E-state index contributed by atoms with van der Waals surface area (Å²) in [5.74, 6) is 0.746. The molecular weight excluding hydrogens is 316 g/mol. The number of fused-ring (bicyclic) bond motifs is 1. The maximum atomic E-state index is 12.1.